The van der Waals surface area contributed by atoms with Gasteiger partial charge >= 0.3 is 5.63 Å². The van der Waals surface area contributed by atoms with Crippen LogP contribution in [-0.2, 0) is 0 Å². The maximum Gasteiger partial charge on any atom is 0.349 e. The van der Waals surface area contributed by atoms with Gasteiger partial charge in [-0.05, 0) is 30.3 Å². The van der Waals surface area contributed by atoms with Crippen molar-refractivity contribution in [3.05, 3.63) is 65.0 Å². The molecule has 0 aliphatic heterocycles. The van der Waals surface area contributed by atoms with E-state index in [1.54, 1.807) is 31.4 Å². The maximum absolute atomic E-state index is 12.2. The average molecular weight is 320 g/mol. The zero-order valence-electron chi connectivity index (χ0n) is 12.7. The quantitative estimate of drug-likeness (QED) is 0.537. The Labute approximate surface area is 136 Å². The molecule has 24 heavy (non-hydrogen) atoms. The molecule has 6 heteroatoms. The molecule has 0 radical (unpaired) electrons. The SMILES string of the molecule is COc1ccc2cc(-c3nnc(-c4ccccc4)o3)c(=O)oc2c1. The molecule has 0 atom stereocenters. The first kappa shape index (κ1) is 14.2. The molecular formula is C18H12N2O4. The molecule has 4 rings (SSSR count). The maximum atomic E-state index is 12.2. The molecule has 2 heterocycles. The number of benzene rings is 2. The summed E-state index contributed by atoms with van der Waals surface area (Å²) in [7, 11) is 1.55. The number of aromatic nitrogens is 2. The van der Waals surface area contributed by atoms with E-state index in [9.17, 15) is 4.79 Å². The van der Waals surface area contributed by atoms with E-state index >= 15 is 0 Å². The van der Waals surface area contributed by atoms with Gasteiger partial charge in [0.05, 0.1) is 7.11 Å². The molecule has 2 aromatic heterocycles. The van der Waals surface area contributed by atoms with Crippen LogP contribution in [0.5, 0.6) is 5.75 Å². The Hall–Kier alpha value is -3.41. The van der Waals surface area contributed by atoms with Crippen LogP contribution in [0.4, 0.5) is 0 Å². The average Bonchev–Trinajstić information content (AvgIpc) is 3.11. The Kier molecular flexibility index (Phi) is 3.35. The lowest BCUT2D eigenvalue weighted by Gasteiger charge is -2.02. The van der Waals surface area contributed by atoms with Gasteiger partial charge in [0.15, 0.2) is 0 Å². The van der Waals surface area contributed by atoms with Crippen molar-refractivity contribution in [1.82, 2.24) is 10.2 Å². The highest BCUT2D eigenvalue weighted by molar-refractivity contribution is 5.81. The van der Waals surface area contributed by atoms with Gasteiger partial charge in [-0.15, -0.1) is 10.2 Å². The Morgan fingerprint density at radius 3 is 2.50 bits per heavy atom. The summed E-state index contributed by atoms with van der Waals surface area (Å²) in [5.41, 5.74) is 0.901. The van der Waals surface area contributed by atoms with E-state index in [1.165, 1.54) is 0 Å². The lowest BCUT2D eigenvalue weighted by atomic mass is 10.2. The third-order valence-electron chi connectivity index (χ3n) is 3.62. The number of fused-ring (bicyclic) bond motifs is 1. The fourth-order valence-corrected chi connectivity index (χ4v) is 2.40. The zero-order chi connectivity index (χ0) is 16.5. The molecule has 4 aromatic rings. The van der Waals surface area contributed by atoms with Crippen molar-refractivity contribution in [1.29, 1.82) is 0 Å². The lowest BCUT2D eigenvalue weighted by Crippen LogP contribution is -2.03. The summed E-state index contributed by atoms with van der Waals surface area (Å²) in [4.78, 5) is 12.2. The molecule has 118 valence electrons. The van der Waals surface area contributed by atoms with Gasteiger partial charge in [-0.2, -0.15) is 0 Å². The number of nitrogens with zero attached hydrogens (tertiary/aromatic N) is 2. The Bertz CT molecular complexity index is 1070. The Morgan fingerprint density at radius 2 is 1.71 bits per heavy atom. The largest absolute Gasteiger partial charge is 0.497 e. The predicted molar refractivity (Wildman–Crippen MR) is 87.8 cm³/mol. The van der Waals surface area contributed by atoms with Crippen molar-refractivity contribution < 1.29 is 13.6 Å². The van der Waals surface area contributed by atoms with Gasteiger partial charge in [0, 0.05) is 17.0 Å². The van der Waals surface area contributed by atoms with E-state index < -0.39 is 5.63 Å². The van der Waals surface area contributed by atoms with Gasteiger partial charge in [0.25, 0.3) is 5.89 Å². The van der Waals surface area contributed by atoms with Gasteiger partial charge in [-0.3, -0.25) is 0 Å². The summed E-state index contributed by atoms with van der Waals surface area (Å²) in [6.07, 6.45) is 0. The standard InChI is InChI=1S/C18H12N2O4/c1-22-13-8-7-12-9-14(18(21)23-15(12)10-13)17-20-19-16(24-17)11-5-3-2-4-6-11/h2-10H,1H3. The van der Waals surface area contributed by atoms with Crippen LogP contribution in [-0.4, -0.2) is 17.3 Å². The van der Waals surface area contributed by atoms with E-state index in [1.807, 2.05) is 30.3 Å². The molecule has 0 saturated carbocycles. The molecule has 2 aromatic carbocycles. The molecule has 0 saturated heterocycles. The summed E-state index contributed by atoms with van der Waals surface area (Å²) in [5, 5.41) is 8.70. The molecule has 0 aliphatic rings. The van der Waals surface area contributed by atoms with Gasteiger partial charge in [-0.25, -0.2) is 4.79 Å². The smallest absolute Gasteiger partial charge is 0.349 e. The monoisotopic (exact) mass is 320 g/mol. The molecule has 0 amide bonds. The second kappa shape index (κ2) is 5.66. The van der Waals surface area contributed by atoms with Crippen LogP contribution in [0.3, 0.4) is 0 Å². The number of methoxy groups -OCH3 is 1. The fourth-order valence-electron chi connectivity index (χ4n) is 2.40. The van der Waals surface area contributed by atoms with Crippen molar-refractivity contribution in [3.8, 4) is 28.7 Å². The molecule has 0 unspecified atom stereocenters. The summed E-state index contributed by atoms with van der Waals surface area (Å²) in [6, 6.07) is 16.3. The molecule has 0 N–H and O–H groups in total. The lowest BCUT2D eigenvalue weighted by molar-refractivity contribution is 0.414. The van der Waals surface area contributed by atoms with Crippen LogP contribution in [0.1, 0.15) is 0 Å². The number of hydrogen-bond donors (Lipinski definition) is 0. The van der Waals surface area contributed by atoms with Crippen LogP contribution >= 0.6 is 0 Å². The highest BCUT2D eigenvalue weighted by Crippen LogP contribution is 2.25. The van der Waals surface area contributed by atoms with Crippen molar-refractivity contribution in [2.45, 2.75) is 0 Å². The number of hydrogen-bond acceptors (Lipinski definition) is 6. The van der Waals surface area contributed by atoms with E-state index in [-0.39, 0.29) is 11.5 Å². The Balaban J connectivity index is 1.81. The minimum absolute atomic E-state index is 0.125. The van der Waals surface area contributed by atoms with Gasteiger partial charge < -0.3 is 13.6 Å². The molecule has 0 aliphatic carbocycles. The molecule has 6 nitrogen and oxygen atoms in total. The second-order valence-electron chi connectivity index (χ2n) is 5.13. The molecular weight excluding hydrogens is 308 g/mol. The van der Waals surface area contributed by atoms with Crippen molar-refractivity contribution in [3.63, 3.8) is 0 Å². The summed E-state index contributed by atoms with van der Waals surface area (Å²) < 4.78 is 16.1. The third kappa shape index (κ3) is 2.44. The van der Waals surface area contributed by atoms with Gasteiger partial charge in [-0.1, -0.05) is 18.2 Å². The first-order valence-electron chi connectivity index (χ1n) is 7.26. The minimum Gasteiger partial charge on any atom is -0.497 e. The van der Waals surface area contributed by atoms with Crippen LogP contribution < -0.4 is 10.4 Å². The summed E-state index contributed by atoms with van der Waals surface area (Å²) >= 11 is 0. The predicted octanol–water partition coefficient (Wildman–Crippen LogP) is 3.52. The normalized spacial score (nSPS) is 10.9. The highest BCUT2D eigenvalue weighted by Gasteiger charge is 2.16. The first-order chi connectivity index (χ1) is 11.7. The van der Waals surface area contributed by atoms with E-state index in [0.717, 1.165) is 10.9 Å². The fraction of sp³-hybridized carbons (Fsp3) is 0.0556. The van der Waals surface area contributed by atoms with Gasteiger partial charge in [0.2, 0.25) is 5.89 Å². The minimum atomic E-state index is -0.543. The van der Waals surface area contributed by atoms with Crippen molar-refractivity contribution in [2.75, 3.05) is 7.11 Å². The van der Waals surface area contributed by atoms with E-state index in [4.69, 9.17) is 13.6 Å². The van der Waals surface area contributed by atoms with Crippen LogP contribution in [0.15, 0.2) is 68.2 Å². The summed E-state index contributed by atoms with van der Waals surface area (Å²) in [6.45, 7) is 0. The van der Waals surface area contributed by atoms with Crippen molar-refractivity contribution in [2.24, 2.45) is 0 Å². The topological polar surface area (TPSA) is 78.4 Å². The summed E-state index contributed by atoms with van der Waals surface area (Å²) in [5.74, 6) is 1.09. The molecule has 0 spiro atoms. The van der Waals surface area contributed by atoms with Crippen molar-refractivity contribution >= 4 is 11.0 Å². The van der Waals surface area contributed by atoms with Crippen LogP contribution in [0.25, 0.3) is 33.9 Å². The highest BCUT2D eigenvalue weighted by atomic mass is 16.5. The molecule has 0 fully saturated rings. The zero-order valence-corrected chi connectivity index (χ0v) is 12.7. The van der Waals surface area contributed by atoms with Crippen LogP contribution in [0.2, 0.25) is 0 Å². The molecule has 0 bridgehead atoms. The number of rotatable bonds is 3. The van der Waals surface area contributed by atoms with Crippen LogP contribution in [0, 0.1) is 0 Å². The Morgan fingerprint density at radius 1 is 0.917 bits per heavy atom. The number of ether oxygens (including phenoxy) is 1. The first-order valence-corrected chi connectivity index (χ1v) is 7.26. The van der Waals surface area contributed by atoms with Gasteiger partial charge in [0.1, 0.15) is 16.9 Å². The second-order valence-corrected chi connectivity index (χ2v) is 5.13. The third-order valence-corrected chi connectivity index (χ3v) is 3.62. The van der Waals surface area contributed by atoms with E-state index in [2.05, 4.69) is 10.2 Å². The van der Waals surface area contributed by atoms with E-state index in [0.29, 0.717) is 17.2 Å².